The van der Waals surface area contributed by atoms with Crippen LogP contribution < -0.4 is 4.72 Å². The maximum absolute atomic E-state index is 12.6. The normalized spacial score (nSPS) is 19.8. The maximum atomic E-state index is 12.6. The molecule has 0 spiro atoms. The summed E-state index contributed by atoms with van der Waals surface area (Å²) in [7, 11) is -1.86. The molecule has 0 amide bonds. The standard InChI is InChI=1S/C16H21ClN2O3S2/c1-22-11-12-5-4-8-19(10-12)24(20,21)18-9-15-16(17)13-6-2-3-7-14(13)23-15/h2-3,6-7,12,18H,4-5,8-11H2,1H3/t12-/m1/s1. The van der Waals surface area contributed by atoms with Gasteiger partial charge in [-0.1, -0.05) is 29.8 Å². The second-order valence-electron chi connectivity index (χ2n) is 5.98. The zero-order valence-corrected chi connectivity index (χ0v) is 15.9. The molecule has 0 bridgehead atoms. The van der Waals surface area contributed by atoms with Crippen LogP contribution in [0.1, 0.15) is 17.7 Å². The van der Waals surface area contributed by atoms with E-state index in [1.165, 1.54) is 15.6 Å². The minimum atomic E-state index is -3.51. The lowest BCUT2D eigenvalue weighted by atomic mass is 10.0. The van der Waals surface area contributed by atoms with E-state index < -0.39 is 10.2 Å². The number of thiophene rings is 1. The number of halogens is 1. The summed E-state index contributed by atoms with van der Waals surface area (Å²) in [6, 6.07) is 7.82. The van der Waals surface area contributed by atoms with Crippen molar-refractivity contribution in [2.24, 2.45) is 5.92 Å². The number of fused-ring (bicyclic) bond motifs is 1. The number of nitrogens with zero attached hydrogens (tertiary/aromatic N) is 1. The minimum Gasteiger partial charge on any atom is -0.384 e. The lowest BCUT2D eigenvalue weighted by Gasteiger charge is -2.31. The van der Waals surface area contributed by atoms with Gasteiger partial charge in [-0.3, -0.25) is 0 Å². The van der Waals surface area contributed by atoms with Gasteiger partial charge in [-0.25, -0.2) is 0 Å². The number of methoxy groups -OCH3 is 1. The molecule has 5 nitrogen and oxygen atoms in total. The van der Waals surface area contributed by atoms with Crippen molar-refractivity contribution in [2.75, 3.05) is 26.8 Å². The third-order valence-electron chi connectivity index (χ3n) is 4.24. The summed E-state index contributed by atoms with van der Waals surface area (Å²) >= 11 is 7.90. The predicted molar refractivity (Wildman–Crippen MR) is 98.8 cm³/mol. The first-order valence-corrected chi connectivity index (χ1v) is 10.5. The van der Waals surface area contributed by atoms with Gasteiger partial charge < -0.3 is 4.74 Å². The number of hydrogen-bond acceptors (Lipinski definition) is 4. The fourth-order valence-electron chi connectivity index (χ4n) is 3.04. The fourth-order valence-corrected chi connectivity index (χ4v) is 5.86. The summed E-state index contributed by atoms with van der Waals surface area (Å²) in [5, 5.41) is 1.60. The highest BCUT2D eigenvalue weighted by atomic mass is 35.5. The van der Waals surface area contributed by atoms with E-state index >= 15 is 0 Å². The van der Waals surface area contributed by atoms with Crippen molar-refractivity contribution < 1.29 is 13.2 Å². The molecule has 0 unspecified atom stereocenters. The molecule has 0 aliphatic carbocycles. The van der Waals surface area contributed by atoms with E-state index in [4.69, 9.17) is 16.3 Å². The Morgan fingerprint density at radius 1 is 1.42 bits per heavy atom. The van der Waals surface area contributed by atoms with Crippen LogP contribution in [0.4, 0.5) is 0 Å². The van der Waals surface area contributed by atoms with Crippen LogP contribution in [0.15, 0.2) is 24.3 Å². The molecule has 1 fully saturated rings. The van der Waals surface area contributed by atoms with Crippen LogP contribution in [0.25, 0.3) is 10.1 Å². The molecule has 0 saturated carbocycles. The average molecular weight is 389 g/mol. The van der Waals surface area contributed by atoms with Gasteiger partial charge in [0.15, 0.2) is 0 Å². The summed E-state index contributed by atoms with van der Waals surface area (Å²) in [4.78, 5) is 0.840. The molecular formula is C16H21ClN2O3S2. The van der Waals surface area contributed by atoms with Gasteiger partial charge in [0.05, 0.1) is 11.6 Å². The van der Waals surface area contributed by atoms with Gasteiger partial charge in [0.2, 0.25) is 0 Å². The highest BCUT2D eigenvalue weighted by Gasteiger charge is 2.29. The molecule has 1 aliphatic heterocycles. The fraction of sp³-hybridized carbons (Fsp3) is 0.500. The van der Waals surface area contributed by atoms with Crippen LogP contribution in [0.3, 0.4) is 0 Å². The molecule has 1 aromatic carbocycles. The SMILES string of the molecule is COC[C@@H]1CCCN(S(=O)(=O)NCc2sc3ccccc3c2Cl)C1. The molecule has 24 heavy (non-hydrogen) atoms. The van der Waals surface area contributed by atoms with Crippen LogP contribution in [0, 0.1) is 5.92 Å². The average Bonchev–Trinajstić information content (AvgIpc) is 2.90. The second kappa shape index (κ2) is 7.68. The van der Waals surface area contributed by atoms with Crippen LogP contribution in [0.5, 0.6) is 0 Å². The molecule has 1 aliphatic rings. The Hall–Kier alpha value is -0.700. The number of hydrogen-bond donors (Lipinski definition) is 1. The lowest BCUT2D eigenvalue weighted by molar-refractivity contribution is 0.118. The number of piperidine rings is 1. The van der Waals surface area contributed by atoms with Gasteiger partial charge >= 0.3 is 0 Å². The topological polar surface area (TPSA) is 58.6 Å². The molecule has 0 radical (unpaired) electrons. The molecule has 1 aromatic heterocycles. The van der Waals surface area contributed by atoms with Crippen molar-refractivity contribution in [1.82, 2.24) is 9.03 Å². The molecule has 2 aromatic rings. The van der Waals surface area contributed by atoms with Crippen molar-refractivity contribution in [3.8, 4) is 0 Å². The van der Waals surface area contributed by atoms with Gasteiger partial charge in [-0.15, -0.1) is 11.3 Å². The number of benzene rings is 1. The molecule has 1 atom stereocenters. The highest BCUT2D eigenvalue weighted by Crippen LogP contribution is 2.35. The van der Waals surface area contributed by atoms with Crippen molar-refractivity contribution in [2.45, 2.75) is 19.4 Å². The number of rotatable bonds is 6. The summed E-state index contributed by atoms with van der Waals surface area (Å²) in [6.45, 7) is 1.86. The zero-order chi connectivity index (χ0) is 17.2. The first kappa shape index (κ1) is 18.1. The smallest absolute Gasteiger partial charge is 0.279 e. The van der Waals surface area contributed by atoms with E-state index in [0.717, 1.165) is 27.8 Å². The Kier molecular flexibility index (Phi) is 5.79. The van der Waals surface area contributed by atoms with Crippen molar-refractivity contribution in [1.29, 1.82) is 0 Å². The third kappa shape index (κ3) is 3.92. The number of nitrogens with one attached hydrogen (secondary N) is 1. The van der Waals surface area contributed by atoms with Gasteiger partial charge in [0, 0.05) is 41.7 Å². The Balaban J connectivity index is 1.69. The van der Waals surface area contributed by atoms with E-state index in [9.17, 15) is 8.42 Å². The van der Waals surface area contributed by atoms with Crippen LogP contribution in [0.2, 0.25) is 5.02 Å². The predicted octanol–water partition coefficient (Wildman–Crippen LogP) is 3.25. The second-order valence-corrected chi connectivity index (χ2v) is 9.25. The van der Waals surface area contributed by atoms with Gasteiger partial charge in [-0.2, -0.15) is 17.4 Å². The molecule has 1 saturated heterocycles. The maximum Gasteiger partial charge on any atom is 0.279 e. The van der Waals surface area contributed by atoms with Crippen LogP contribution >= 0.6 is 22.9 Å². The minimum absolute atomic E-state index is 0.214. The molecule has 2 heterocycles. The van der Waals surface area contributed by atoms with E-state index in [1.807, 2.05) is 24.3 Å². The number of ether oxygens (including phenoxy) is 1. The molecular weight excluding hydrogens is 368 g/mol. The van der Waals surface area contributed by atoms with Gasteiger partial charge in [0.1, 0.15) is 0 Å². The Morgan fingerprint density at radius 2 is 2.21 bits per heavy atom. The largest absolute Gasteiger partial charge is 0.384 e. The first-order chi connectivity index (χ1) is 11.5. The van der Waals surface area contributed by atoms with Crippen molar-refractivity contribution in [3.05, 3.63) is 34.2 Å². The van der Waals surface area contributed by atoms with Crippen LogP contribution in [-0.2, 0) is 21.5 Å². The lowest BCUT2D eigenvalue weighted by Crippen LogP contribution is -2.46. The van der Waals surface area contributed by atoms with E-state index in [1.54, 1.807) is 7.11 Å². The summed E-state index contributed by atoms with van der Waals surface area (Å²) in [6.07, 6.45) is 1.86. The highest BCUT2D eigenvalue weighted by molar-refractivity contribution is 7.87. The van der Waals surface area contributed by atoms with Crippen molar-refractivity contribution in [3.63, 3.8) is 0 Å². The summed E-state index contributed by atoms with van der Waals surface area (Å²) < 4.78 is 35.6. The van der Waals surface area contributed by atoms with Crippen LogP contribution in [-0.4, -0.2) is 39.5 Å². The summed E-state index contributed by atoms with van der Waals surface area (Å²) in [5.41, 5.74) is 0. The van der Waals surface area contributed by atoms with E-state index in [2.05, 4.69) is 4.72 Å². The molecule has 132 valence electrons. The van der Waals surface area contributed by atoms with Gasteiger partial charge in [-0.05, 0) is 24.8 Å². The zero-order valence-electron chi connectivity index (χ0n) is 13.5. The van der Waals surface area contributed by atoms with E-state index in [0.29, 0.717) is 24.7 Å². The molecule has 3 rings (SSSR count). The Bertz CT molecular complexity index is 805. The third-order valence-corrected chi connectivity index (χ3v) is 7.48. The van der Waals surface area contributed by atoms with Crippen molar-refractivity contribution >= 4 is 43.2 Å². The molecule has 8 heteroatoms. The van der Waals surface area contributed by atoms with Gasteiger partial charge in [0.25, 0.3) is 10.2 Å². The monoisotopic (exact) mass is 388 g/mol. The Morgan fingerprint density at radius 3 is 2.96 bits per heavy atom. The quantitative estimate of drug-likeness (QED) is 0.826. The first-order valence-electron chi connectivity index (χ1n) is 7.91. The summed E-state index contributed by atoms with van der Waals surface area (Å²) in [5.74, 6) is 0.258. The Labute approximate surface area is 151 Å². The van der Waals surface area contributed by atoms with E-state index in [-0.39, 0.29) is 12.5 Å². The molecule has 1 N–H and O–H groups in total.